The first kappa shape index (κ1) is 19.2. The van der Waals surface area contributed by atoms with Crippen LogP contribution in [-0.4, -0.2) is 24.1 Å². The Morgan fingerprint density at radius 2 is 0.905 bits per heavy atom. The van der Waals surface area contributed by atoms with Gasteiger partial charge in [-0.3, -0.25) is 9.13 Å². The Morgan fingerprint density at radius 3 is 1.54 bits per heavy atom. The number of aromatic nitrogens is 5. The molecule has 0 unspecified atom stereocenters. The molecule has 0 aliphatic heterocycles. The van der Waals surface area contributed by atoms with Crippen molar-refractivity contribution in [3.8, 4) is 56.7 Å². The molecule has 6 heteroatoms. The summed E-state index contributed by atoms with van der Waals surface area (Å²) in [6.07, 6.45) is 0. The van der Waals surface area contributed by atoms with E-state index < -0.39 is 223 Å². The van der Waals surface area contributed by atoms with E-state index in [4.69, 9.17) is 34.1 Å². The zero-order valence-corrected chi connectivity index (χ0v) is 32.8. The molecular weight excluding hydrogens is 787 g/mol. The fourth-order valence-electron chi connectivity index (χ4n) is 7.95. The molecule has 0 saturated carbocycles. The van der Waals surface area contributed by atoms with Gasteiger partial charge in [-0.15, -0.1) is 11.3 Å². The maximum absolute atomic E-state index is 10.0. The molecule has 0 N–H and O–H groups in total. The predicted molar refractivity (Wildman–Crippen MR) is 263 cm³/mol. The highest BCUT2D eigenvalue weighted by molar-refractivity contribution is 7.25. The summed E-state index contributed by atoms with van der Waals surface area (Å²) < 4.78 is 222. The Morgan fingerprint density at radius 1 is 0.381 bits per heavy atom. The van der Waals surface area contributed by atoms with Crippen molar-refractivity contribution >= 4 is 75.1 Å². The Kier molecular flexibility index (Phi) is 4.34. The van der Waals surface area contributed by atoms with Gasteiger partial charge in [0.25, 0.3) is 0 Å². The molecule has 0 saturated heterocycles. The van der Waals surface area contributed by atoms with Gasteiger partial charge in [0, 0.05) is 47.3 Å². The van der Waals surface area contributed by atoms with Crippen LogP contribution < -0.4 is 0 Å². The van der Waals surface area contributed by atoms with Crippen LogP contribution >= 0.6 is 11.3 Å². The second kappa shape index (κ2) is 14.2. The summed E-state index contributed by atoms with van der Waals surface area (Å²) in [5.74, 6) is -1.66. The molecule has 0 aliphatic rings. The number of hydrogen-bond donors (Lipinski definition) is 0. The first-order chi connectivity index (χ1) is 41.2. The first-order valence-electron chi connectivity index (χ1n) is 31.2. The third-order valence-corrected chi connectivity index (χ3v) is 11.8. The Balaban J connectivity index is 1.25. The summed E-state index contributed by atoms with van der Waals surface area (Å²) in [4.78, 5) is 14.8. The number of benzene rings is 9. The van der Waals surface area contributed by atoms with Crippen molar-refractivity contribution in [2.24, 2.45) is 0 Å². The van der Waals surface area contributed by atoms with Crippen molar-refractivity contribution < 1.29 is 32.9 Å². The molecule has 13 aromatic rings. The molecule has 0 radical (unpaired) electrons. The van der Waals surface area contributed by atoms with Gasteiger partial charge in [0.15, 0.2) is 5.82 Å². The molecule has 0 atom stereocenters. The van der Waals surface area contributed by atoms with Crippen LogP contribution in [0.25, 0.3) is 120 Å². The molecule has 0 aliphatic carbocycles. The van der Waals surface area contributed by atoms with Crippen molar-refractivity contribution in [3.63, 3.8) is 0 Å². The van der Waals surface area contributed by atoms with Crippen LogP contribution in [-0.2, 0) is 0 Å². The Labute approximate surface area is 400 Å². The highest BCUT2D eigenvalue weighted by Crippen LogP contribution is 2.42. The molecule has 0 amide bonds. The van der Waals surface area contributed by atoms with E-state index >= 15 is 0 Å². The molecular formula is C57H35N5S. The number of fused-ring (bicyclic) bond motifs is 9. The Bertz CT molecular complexity index is 5060. The Hall–Kier alpha value is -8.19. The van der Waals surface area contributed by atoms with E-state index in [1.165, 1.54) is 0 Å². The second-order valence-electron chi connectivity index (χ2n) is 14.2. The van der Waals surface area contributed by atoms with Gasteiger partial charge < -0.3 is 0 Å². The SMILES string of the molecule is [2H]c1c([2H])c([2H])c(-c2c([2H])c([2H])c3c4c([2H])c([2H])c([2H])c([2H])c4n(-c4nc(-c5cccc(-c6cccc7sc8ccccc8c67)c5)nc(-n5c6c([2H])c([2H])c([2H])c([2H])c6c6c([2H])c([2H])c(-c7c([2H])c([2H])c([2H])c([2H])c7[2H])c([2H])c65)n4)c3c2[2H])c([2H])c1[2H]. The van der Waals surface area contributed by atoms with Gasteiger partial charge in [-0.2, -0.15) is 15.0 Å². The lowest BCUT2D eigenvalue weighted by molar-refractivity contribution is 0.893. The van der Waals surface area contributed by atoms with Gasteiger partial charge in [0.05, 0.1) is 55.0 Å². The minimum atomic E-state index is -0.864. The highest BCUT2D eigenvalue weighted by atomic mass is 32.1. The maximum atomic E-state index is 10.0. The van der Waals surface area contributed by atoms with Crippen LogP contribution in [0.3, 0.4) is 0 Å². The summed E-state index contributed by atoms with van der Waals surface area (Å²) in [5.41, 5.74) is -3.29. The van der Waals surface area contributed by atoms with Crippen LogP contribution in [0, 0.1) is 0 Å². The van der Waals surface area contributed by atoms with Crippen LogP contribution in [0.2, 0.25) is 0 Å². The zero-order valence-electron chi connectivity index (χ0n) is 56.0. The number of nitrogens with zero attached hydrogens (tertiary/aromatic N) is 5. The molecule has 5 nitrogen and oxygen atoms in total. The molecule has 4 heterocycles. The van der Waals surface area contributed by atoms with Crippen molar-refractivity contribution in [1.29, 1.82) is 0 Å². The molecule has 9 aromatic carbocycles. The van der Waals surface area contributed by atoms with E-state index in [1.807, 2.05) is 48.5 Å². The molecule has 63 heavy (non-hydrogen) atoms. The lowest BCUT2D eigenvalue weighted by Crippen LogP contribution is -2.10. The number of rotatable bonds is 6. The summed E-state index contributed by atoms with van der Waals surface area (Å²) in [6, 6.07) is 0.433. The summed E-state index contributed by atoms with van der Waals surface area (Å²) in [6.45, 7) is 0. The van der Waals surface area contributed by atoms with Gasteiger partial charge in [-0.05, 0) is 75.7 Å². The largest absolute Gasteiger partial charge is 0.278 e. The number of thiophene rings is 1. The van der Waals surface area contributed by atoms with Crippen LogP contribution in [0.5, 0.6) is 0 Å². The minimum Gasteiger partial charge on any atom is -0.278 e. The first-order valence-corrected chi connectivity index (χ1v) is 20.1. The molecule has 0 spiro atoms. The average molecular weight is 846 g/mol. The van der Waals surface area contributed by atoms with Gasteiger partial charge in [0.2, 0.25) is 11.9 Å². The normalized spacial score (nSPS) is 17.1. The van der Waals surface area contributed by atoms with Crippen molar-refractivity contribution in [1.82, 2.24) is 24.1 Å². The van der Waals surface area contributed by atoms with Crippen molar-refractivity contribution in [3.05, 3.63) is 212 Å². The predicted octanol–water partition coefficient (Wildman–Crippen LogP) is 15.1. The average Bonchev–Trinajstić information content (AvgIpc) is 1.58. The summed E-state index contributed by atoms with van der Waals surface area (Å²) in [5, 5.41) is 0.0429. The topological polar surface area (TPSA) is 48.5 Å². The van der Waals surface area contributed by atoms with Crippen molar-refractivity contribution in [2.75, 3.05) is 0 Å². The monoisotopic (exact) mass is 845 g/mol. The lowest BCUT2D eigenvalue weighted by atomic mass is 9.98. The van der Waals surface area contributed by atoms with E-state index in [0.717, 1.165) is 34.9 Å². The van der Waals surface area contributed by atoms with E-state index in [-0.39, 0.29) is 11.4 Å². The molecule has 4 aromatic heterocycles. The lowest BCUT2D eigenvalue weighted by Gasteiger charge is -2.14. The third-order valence-electron chi connectivity index (χ3n) is 10.7. The molecule has 294 valence electrons. The molecule has 0 bridgehead atoms. The van der Waals surface area contributed by atoms with Crippen molar-refractivity contribution in [2.45, 2.75) is 0 Å². The van der Waals surface area contributed by atoms with Crippen LogP contribution in [0.4, 0.5) is 0 Å². The van der Waals surface area contributed by atoms with E-state index in [2.05, 4.69) is 0 Å². The van der Waals surface area contributed by atoms with E-state index in [1.54, 1.807) is 29.5 Å². The third kappa shape index (κ3) is 5.73. The molecule has 13 rings (SSSR count). The smallest absolute Gasteiger partial charge is 0.240 e. The quantitative estimate of drug-likeness (QED) is 0.167. The van der Waals surface area contributed by atoms with Gasteiger partial charge in [-0.25, -0.2) is 0 Å². The number of hydrogen-bond acceptors (Lipinski definition) is 4. The molecule has 0 fully saturated rings. The summed E-state index contributed by atoms with van der Waals surface area (Å²) >= 11 is 1.57. The summed E-state index contributed by atoms with van der Waals surface area (Å²) in [7, 11) is 0. The highest BCUT2D eigenvalue weighted by Gasteiger charge is 2.22. The van der Waals surface area contributed by atoms with Gasteiger partial charge >= 0.3 is 0 Å². The minimum absolute atomic E-state index is 0.181. The fourth-order valence-corrected chi connectivity index (χ4v) is 9.08. The van der Waals surface area contributed by atoms with E-state index in [9.17, 15) is 13.7 Å². The van der Waals surface area contributed by atoms with Gasteiger partial charge in [0.1, 0.15) is 0 Å². The maximum Gasteiger partial charge on any atom is 0.240 e. The zero-order chi connectivity index (χ0) is 62.3. The van der Waals surface area contributed by atoms with E-state index in [0.29, 0.717) is 5.56 Å². The van der Waals surface area contributed by atoms with Crippen LogP contribution in [0.15, 0.2) is 212 Å². The standard InChI is InChI=1S/C57H35N5S/c1-3-15-36(16-4-1)38-29-31-45-43-21-7-10-25-48(43)61(50(45)34-38)56-58-55(41-20-13-19-40(33-41)42-24-14-28-53-54(42)47-23-9-12-27-52(47)63-53)59-57(60-56)62-49-26-11-8-22-44(49)46-32-30-39(35-51(46)62)37-17-5-2-6-18-37/h1-35H/i1D,2D,3D,4D,5D,6D,7D,8D,10D,11D,15D,16D,17D,18D,21D,22D,25D,26D,29D,30D,31D,32D,34D,35D. The van der Waals surface area contributed by atoms with Gasteiger partial charge in [-0.1, -0.05) is 169 Å². The van der Waals surface area contributed by atoms with Crippen LogP contribution in [0.1, 0.15) is 32.9 Å². The number of para-hydroxylation sites is 2. The second-order valence-corrected chi connectivity index (χ2v) is 15.3. The fraction of sp³-hybridized carbons (Fsp3) is 0.